The van der Waals surface area contributed by atoms with Gasteiger partial charge in [0, 0.05) is 54.7 Å². The molecule has 1 amide bonds. The third-order valence-electron chi connectivity index (χ3n) is 5.68. The number of piperazine rings is 1. The molecule has 0 saturated carbocycles. The Balaban J connectivity index is 1.64. The predicted molar refractivity (Wildman–Crippen MR) is 139 cm³/mol. The van der Waals surface area contributed by atoms with Gasteiger partial charge in [-0.25, -0.2) is 4.39 Å². The van der Waals surface area contributed by atoms with Gasteiger partial charge in [0.2, 0.25) is 5.76 Å². The Bertz CT molecular complexity index is 1260. The van der Waals surface area contributed by atoms with Crippen LogP contribution in [0.15, 0.2) is 78.2 Å². The Morgan fingerprint density at radius 3 is 2.42 bits per heavy atom. The van der Waals surface area contributed by atoms with Crippen molar-refractivity contribution >= 4 is 29.4 Å². The number of nitrogens with one attached hydrogen (secondary N) is 3. The van der Waals surface area contributed by atoms with Crippen LogP contribution in [0.1, 0.15) is 0 Å². The first-order chi connectivity index (χ1) is 17.5. The molecule has 0 aliphatic carbocycles. The van der Waals surface area contributed by atoms with Crippen molar-refractivity contribution in [3.63, 3.8) is 0 Å². The molecule has 1 aliphatic heterocycles. The minimum Gasteiger partial charge on any atom is -0.496 e. The molecule has 0 unspecified atom stereocenters. The molecule has 9 heteroatoms. The van der Waals surface area contributed by atoms with E-state index in [-0.39, 0.29) is 11.6 Å². The second-order valence-corrected chi connectivity index (χ2v) is 8.46. The van der Waals surface area contributed by atoms with Gasteiger partial charge in [-0.3, -0.25) is 4.79 Å². The molecule has 3 aromatic carbocycles. The summed E-state index contributed by atoms with van der Waals surface area (Å²) in [5, 5.41) is 14.7. The first kappa shape index (κ1) is 25.2. The van der Waals surface area contributed by atoms with Crippen LogP contribution in [0, 0.1) is 11.2 Å². The summed E-state index contributed by atoms with van der Waals surface area (Å²) in [7, 11) is 1.49. The summed E-state index contributed by atoms with van der Waals surface area (Å²) >= 11 is 5.96. The third-order valence-corrected chi connectivity index (χ3v) is 5.94. The maximum absolute atomic E-state index is 13.6. The van der Waals surface area contributed by atoms with Crippen molar-refractivity contribution in [2.45, 2.75) is 0 Å². The molecule has 7 nitrogen and oxygen atoms in total. The van der Waals surface area contributed by atoms with Crippen molar-refractivity contribution in [1.82, 2.24) is 10.2 Å². The van der Waals surface area contributed by atoms with E-state index in [2.05, 4.69) is 10.6 Å². The number of ether oxygens (including phenoxy) is 2. The molecule has 0 spiro atoms. The Morgan fingerprint density at radius 1 is 1.08 bits per heavy atom. The monoisotopic (exact) mass is 508 g/mol. The van der Waals surface area contributed by atoms with E-state index in [0.29, 0.717) is 41.0 Å². The lowest BCUT2D eigenvalue weighted by Crippen LogP contribution is -2.44. The lowest BCUT2D eigenvalue weighted by Gasteiger charge is -2.30. The number of allylic oxidation sites excluding steroid dienone is 1. The smallest absolute Gasteiger partial charge is 0.293 e. The maximum Gasteiger partial charge on any atom is 0.293 e. The number of benzene rings is 3. The molecule has 1 heterocycles. The van der Waals surface area contributed by atoms with Crippen LogP contribution in [0.2, 0.25) is 5.02 Å². The molecule has 1 saturated heterocycles. The molecule has 1 fully saturated rings. The van der Waals surface area contributed by atoms with Gasteiger partial charge < -0.3 is 30.4 Å². The number of hydrogen-bond donors (Lipinski definition) is 3. The summed E-state index contributed by atoms with van der Waals surface area (Å²) in [6.45, 7) is 2.74. The fourth-order valence-corrected chi connectivity index (χ4v) is 3.99. The van der Waals surface area contributed by atoms with Gasteiger partial charge in [0.25, 0.3) is 5.91 Å². The van der Waals surface area contributed by atoms with Gasteiger partial charge in [-0.2, -0.15) is 0 Å². The van der Waals surface area contributed by atoms with Gasteiger partial charge in [-0.15, -0.1) is 0 Å². The third kappa shape index (κ3) is 6.02. The second-order valence-electron chi connectivity index (χ2n) is 8.03. The summed E-state index contributed by atoms with van der Waals surface area (Å²) in [6, 6.07) is 18.1. The fourth-order valence-electron chi connectivity index (χ4n) is 3.87. The molecular weight excluding hydrogens is 483 g/mol. The topological polar surface area (TPSA) is 86.7 Å². The van der Waals surface area contributed by atoms with Crippen molar-refractivity contribution in [2.75, 3.05) is 38.6 Å². The van der Waals surface area contributed by atoms with E-state index in [0.717, 1.165) is 30.4 Å². The minimum atomic E-state index is -0.487. The normalized spacial score (nSPS) is 14.0. The number of halogens is 2. The van der Waals surface area contributed by atoms with E-state index in [9.17, 15) is 9.18 Å². The van der Waals surface area contributed by atoms with Crippen LogP contribution in [0.3, 0.4) is 0 Å². The highest BCUT2D eigenvalue weighted by atomic mass is 35.5. The molecule has 3 N–H and O–H groups in total. The van der Waals surface area contributed by atoms with Crippen molar-refractivity contribution in [1.29, 1.82) is 5.41 Å². The Morgan fingerprint density at radius 2 is 1.78 bits per heavy atom. The Labute approximate surface area is 214 Å². The summed E-state index contributed by atoms with van der Waals surface area (Å²) in [5.41, 5.74) is 2.45. The van der Waals surface area contributed by atoms with E-state index >= 15 is 0 Å². The summed E-state index contributed by atoms with van der Waals surface area (Å²) in [4.78, 5) is 15.3. The zero-order chi connectivity index (χ0) is 25.5. The SMILES string of the molecule is COc1cc(F)ccc1-c1ccc(O/C(C(=O)Nc2ccc(Cl)cc2)=C(/C=N)N2CCNCC2)cc1. The lowest BCUT2D eigenvalue weighted by molar-refractivity contribution is -0.115. The van der Waals surface area contributed by atoms with Gasteiger partial charge in [-0.1, -0.05) is 23.7 Å². The van der Waals surface area contributed by atoms with Crippen LogP contribution in [-0.4, -0.2) is 50.3 Å². The largest absolute Gasteiger partial charge is 0.496 e. The molecule has 0 bridgehead atoms. The Hall–Kier alpha value is -3.88. The van der Waals surface area contributed by atoms with Crippen LogP contribution < -0.4 is 20.1 Å². The molecule has 0 atom stereocenters. The highest BCUT2D eigenvalue weighted by Gasteiger charge is 2.23. The minimum absolute atomic E-state index is 0.00830. The number of carbonyl (C=O) groups excluding carboxylic acids is 1. The van der Waals surface area contributed by atoms with E-state index in [1.807, 2.05) is 4.90 Å². The molecule has 0 aromatic heterocycles. The van der Waals surface area contributed by atoms with Crippen LogP contribution in [-0.2, 0) is 4.79 Å². The van der Waals surface area contributed by atoms with Gasteiger partial charge >= 0.3 is 0 Å². The average Bonchev–Trinajstić information content (AvgIpc) is 2.91. The van der Waals surface area contributed by atoms with Crippen molar-refractivity contribution < 1.29 is 18.7 Å². The highest BCUT2D eigenvalue weighted by Crippen LogP contribution is 2.32. The average molecular weight is 509 g/mol. The van der Waals surface area contributed by atoms with E-state index in [1.54, 1.807) is 54.6 Å². The van der Waals surface area contributed by atoms with Gasteiger partial charge in [-0.05, 0) is 54.1 Å². The predicted octanol–water partition coefficient (Wildman–Crippen LogP) is 4.94. The van der Waals surface area contributed by atoms with Crippen molar-refractivity contribution in [2.24, 2.45) is 0 Å². The summed E-state index contributed by atoms with van der Waals surface area (Å²) in [6.07, 6.45) is 1.14. The van der Waals surface area contributed by atoms with E-state index < -0.39 is 5.91 Å². The molecule has 0 radical (unpaired) electrons. The standard InChI is InChI=1S/C27H26ClFN4O3/c1-35-25-16-20(29)6-11-23(25)18-2-9-22(10-3-18)36-26(24(17-30)33-14-12-31-13-15-33)27(34)32-21-7-4-19(28)5-8-21/h2-11,16-17,30-31H,12-15H2,1H3,(H,32,34)/b26-24-,30-17?. The van der Waals surface area contributed by atoms with Crippen LogP contribution in [0.5, 0.6) is 11.5 Å². The quantitative estimate of drug-likeness (QED) is 0.228. The lowest BCUT2D eigenvalue weighted by atomic mass is 10.0. The molecule has 4 rings (SSSR count). The first-order valence-corrected chi connectivity index (χ1v) is 11.8. The molecule has 186 valence electrons. The number of hydrogen-bond acceptors (Lipinski definition) is 6. The van der Waals surface area contributed by atoms with Crippen LogP contribution in [0.25, 0.3) is 11.1 Å². The van der Waals surface area contributed by atoms with Crippen LogP contribution >= 0.6 is 11.6 Å². The van der Waals surface area contributed by atoms with Gasteiger partial charge in [0.1, 0.15) is 23.0 Å². The van der Waals surface area contributed by atoms with Crippen molar-refractivity contribution in [3.8, 4) is 22.6 Å². The van der Waals surface area contributed by atoms with Gasteiger partial charge in [0.15, 0.2) is 0 Å². The number of anilines is 1. The zero-order valence-electron chi connectivity index (χ0n) is 19.7. The number of methoxy groups -OCH3 is 1. The number of amides is 1. The number of nitrogens with zero attached hydrogens (tertiary/aromatic N) is 1. The van der Waals surface area contributed by atoms with Crippen molar-refractivity contribution in [3.05, 3.63) is 89.0 Å². The number of rotatable bonds is 8. The van der Waals surface area contributed by atoms with Crippen LogP contribution in [0.4, 0.5) is 10.1 Å². The molecule has 1 aliphatic rings. The van der Waals surface area contributed by atoms with E-state index in [4.69, 9.17) is 26.5 Å². The zero-order valence-corrected chi connectivity index (χ0v) is 20.4. The molecule has 3 aromatic rings. The molecular formula is C27H26ClFN4O3. The molecule has 36 heavy (non-hydrogen) atoms. The van der Waals surface area contributed by atoms with E-state index in [1.165, 1.54) is 19.2 Å². The summed E-state index contributed by atoms with van der Waals surface area (Å²) < 4.78 is 25.0. The van der Waals surface area contributed by atoms with Gasteiger partial charge in [0.05, 0.1) is 7.11 Å². The fraction of sp³-hybridized carbons (Fsp3) is 0.185. The Kier molecular flexibility index (Phi) is 8.20. The highest BCUT2D eigenvalue weighted by molar-refractivity contribution is 6.30. The summed E-state index contributed by atoms with van der Waals surface area (Å²) in [5.74, 6) is -0.0383. The second kappa shape index (κ2) is 11.7. The number of carbonyl (C=O) groups is 1. The maximum atomic E-state index is 13.6. The first-order valence-electron chi connectivity index (χ1n) is 11.4.